The Hall–Kier alpha value is -2.01. The largest absolute Gasteiger partial charge is 0.454 e. The fourth-order valence-electron chi connectivity index (χ4n) is 1.79. The van der Waals surface area contributed by atoms with E-state index in [0.717, 1.165) is 18.3 Å². The highest BCUT2D eigenvalue weighted by Gasteiger charge is 2.10. The highest BCUT2D eigenvalue weighted by Crippen LogP contribution is 2.25. The van der Waals surface area contributed by atoms with Gasteiger partial charge >= 0.3 is 0 Å². The first-order valence-corrected chi connectivity index (χ1v) is 6.84. The summed E-state index contributed by atoms with van der Waals surface area (Å²) in [5, 5.41) is 3.26. The van der Waals surface area contributed by atoms with E-state index in [0.29, 0.717) is 18.2 Å². The van der Waals surface area contributed by atoms with Crippen LogP contribution >= 0.6 is 0 Å². The highest BCUT2D eigenvalue weighted by molar-refractivity contribution is 5.32. The molecule has 1 aromatic carbocycles. The van der Waals surface area contributed by atoms with Crippen molar-refractivity contribution in [3.8, 4) is 11.5 Å². The summed E-state index contributed by atoms with van der Waals surface area (Å²) in [5.74, 6) is -1.09. The predicted octanol–water partition coefficient (Wildman–Crippen LogP) is 3.90. The second kappa shape index (κ2) is 7.13. The molecule has 112 valence electrons. The lowest BCUT2D eigenvalue weighted by atomic mass is 10.2. The maximum absolute atomic E-state index is 13.6. The molecule has 3 nitrogen and oxygen atoms in total. The molecule has 0 aliphatic carbocycles. The number of ether oxygens (including phenoxy) is 1. The molecule has 0 atom stereocenters. The Balaban J connectivity index is 2.05. The van der Waals surface area contributed by atoms with Crippen LogP contribution in [-0.2, 0) is 6.54 Å². The number of benzene rings is 1. The van der Waals surface area contributed by atoms with Crippen LogP contribution in [0.5, 0.6) is 11.5 Å². The van der Waals surface area contributed by atoms with Gasteiger partial charge in [-0.25, -0.2) is 4.39 Å². The van der Waals surface area contributed by atoms with Gasteiger partial charge < -0.3 is 10.1 Å². The fraction of sp³-hybridized carbons (Fsp3) is 0.312. The average molecular weight is 292 g/mol. The normalized spacial score (nSPS) is 10.9. The minimum absolute atomic E-state index is 0.137. The Morgan fingerprint density at radius 2 is 2.05 bits per heavy atom. The number of hydrogen-bond acceptors (Lipinski definition) is 3. The lowest BCUT2D eigenvalue weighted by molar-refractivity contribution is 0.415. The number of nitrogens with zero attached hydrogens (tertiary/aromatic N) is 1. The minimum atomic E-state index is -0.992. The van der Waals surface area contributed by atoms with E-state index in [4.69, 9.17) is 4.74 Å². The highest BCUT2D eigenvalue weighted by atomic mass is 19.2. The molecule has 0 saturated carbocycles. The Bertz CT molecular complexity index is 603. The van der Waals surface area contributed by atoms with Crippen LogP contribution in [0, 0.1) is 17.6 Å². The van der Waals surface area contributed by atoms with E-state index >= 15 is 0 Å². The molecule has 0 aliphatic rings. The van der Waals surface area contributed by atoms with Gasteiger partial charge in [0.1, 0.15) is 5.75 Å². The average Bonchev–Trinajstić information content (AvgIpc) is 2.44. The molecule has 0 saturated heterocycles. The molecule has 21 heavy (non-hydrogen) atoms. The second-order valence-electron chi connectivity index (χ2n) is 5.16. The molecule has 2 aromatic rings. The summed E-state index contributed by atoms with van der Waals surface area (Å²) in [5.41, 5.74) is 0.782. The van der Waals surface area contributed by atoms with Gasteiger partial charge in [-0.3, -0.25) is 4.98 Å². The Morgan fingerprint density at radius 1 is 1.24 bits per heavy atom. The van der Waals surface area contributed by atoms with Gasteiger partial charge in [-0.15, -0.1) is 0 Å². The van der Waals surface area contributed by atoms with Crippen LogP contribution in [0.1, 0.15) is 19.5 Å². The lowest BCUT2D eigenvalue weighted by Gasteiger charge is -2.10. The summed E-state index contributed by atoms with van der Waals surface area (Å²) in [4.78, 5) is 4.21. The van der Waals surface area contributed by atoms with Crippen molar-refractivity contribution in [3.63, 3.8) is 0 Å². The molecule has 0 amide bonds. The van der Waals surface area contributed by atoms with E-state index in [9.17, 15) is 8.78 Å². The van der Waals surface area contributed by atoms with E-state index in [-0.39, 0.29) is 5.75 Å². The molecule has 1 heterocycles. The van der Waals surface area contributed by atoms with Gasteiger partial charge in [0.25, 0.3) is 0 Å². The SMILES string of the molecule is CC(C)CNCc1cc(Oc2cccc(F)c2F)ccn1. The van der Waals surface area contributed by atoms with Gasteiger partial charge in [0.05, 0.1) is 5.69 Å². The van der Waals surface area contributed by atoms with Crippen LogP contribution in [0.4, 0.5) is 8.78 Å². The molecule has 2 rings (SSSR count). The van der Waals surface area contributed by atoms with Gasteiger partial charge in [-0.05, 0) is 30.7 Å². The van der Waals surface area contributed by atoms with E-state index < -0.39 is 11.6 Å². The second-order valence-corrected chi connectivity index (χ2v) is 5.16. The van der Waals surface area contributed by atoms with Crippen molar-refractivity contribution in [1.82, 2.24) is 10.3 Å². The molecule has 0 fully saturated rings. The first kappa shape index (κ1) is 15.4. The first-order valence-electron chi connectivity index (χ1n) is 6.84. The monoisotopic (exact) mass is 292 g/mol. The predicted molar refractivity (Wildman–Crippen MR) is 77.2 cm³/mol. The summed E-state index contributed by atoms with van der Waals surface area (Å²) in [6.07, 6.45) is 1.58. The first-order chi connectivity index (χ1) is 10.1. The van der Waals surface area contributed by atoms with Crippen molar-refractivity contribution in [2.75, 3.05) is 6.54 Å². The fourth-order valence-corrected chi connectivity index (χ4v) is 1.79. The van der Waals surface area contributed by atoms with E-state index in [1.807, 2.05) is 0 Å². The molecule has 0 bridgehead atoms. The van der Waals surface area contributed by atoms with Crippen LogP contribution in [0.25, 0.3) is 0 Å². The molecule has 0 spiro atoms. The topological polar surface area (TPSA) is 34.1 Å². The third-order valence-corrected chi connectivity index (χ3v) is 2.79. The van der Waals surface area contributed by atoms with E-state index in [2.05, 4.69) is 24.1 Å². The Labute approximate surface area is 123 Å². The van der Waals surface area contributed by atoms with Crippen molar-refractivity contribution >= 4 is 0 Å². The van der Waals surface area contributed by atoms with Crippen LogP contribution < -0.4 is 10.1 Å². The van der Waals surface area contributed by atoms with Crippen molar-refractivity contribution < 1.29 is 13.5 Å². The molecule has 5 heteroatoms. The third kappa shape index (κ3) is 4.49. The zero-order valence-corrected chi connectivity index (χ0v) is 12.1. The molecule has 1 N–H and O–H groups in total. The van der Waals surface area contributed by atoms with Crippen LogP contribution in [0.3, 0.4) is 0 Å². The number of nitrogens with one attached hydrogen (secondary N) is 1. The maximum Gasteiger partial charge on any atom is 0.201 e. The zero-order chi connectivity index (χ0) is 15.2. The van der Waals surface area contributed by atoms with Gasteiger partial charge in [-0.1, -0.05) is 19.9 Å². The third-order valence-electron chi connectivity index (χ3n) is 2.79. The molecular weight excluding hydrogens is 274 g/mol. The lowest BCUT2D eigenvalue weighted by Crippen LogP contribution is -2.19. The standard InChI is InChI=1S/C16H18F2N2O/c1-11(2)9-19-10-12-8-13(6-7-20-12)21-15-5-3-4-14(17)16(15)18/h3-8,11,19H,9-10H2,1-2H3. The summed E-state index contributed by atoms with van der Waals surface area (Å²) in [6.45, 7) is 5.71. The maximum atomic E-state index is 13.6. The smallest absolute Gasteiger partial charge is 0.201 e. The summed E-state index contributed by atoms with van der Waals surface area (Å²) in [7, 11) is 0. The number of rotatable bonds is 6. The van der Waals surface area contributed by atoms with Crippen LogP contribution in [0.2, 0.25) is 0 Å². The van der Waals surface area contributed by atoms with E-state index in [1.54, 1.807) is 18.3 Å². The number of aromatic nitrogens is 1. The summed E-state index contributed by atoms with van der Waals surface area (Å²) < 4.78 is 32.1. The van der Waals surface area contributed by atoms with Crippen molar-refractivity contribution in [2.45, 2.75) is 20.4 Å². The Kier molecular flexibility index (Phi) is 5.22. The molecule has 0 unspecified atom stereocenters. The number of hydrogen-bond donors (Lipinski definition) is 1. The van der Waals surface area contributed by atoms with E-state index in [1.165, 1.54) is 12.1 Å². The quantitative estimate of drug-likeness (QED) is 0.877. The zero-order valence-electron chi connectivity index (χ0n) is 12.1. The minimum Gasteiger partial charge on any atom is -0.454 e. The Morgan fingerprint density at radius 3 is 2.81 bits per heavy atom. The molecular formula is C16H18F2N2O. The van der Waals surface area contributed by atoms with Crippen LogP contribution in [-0.4, -0.2) is 11.5 Å². The molecule has 0 aliphatic heterocycles. The van der Waals surface area contributed by atoms with Gasteiger partial charge in [0.15, 0.2) is 11.6 Å². The molecule has 1 aromatic heterocycles. The summed E-state index contributed by atoms with van der Waals surface area (Å²) >= 11 is 0. The van der Waals surface area contributed by atoms with Crippen molar-refractivity contribution in [3.05, 3.63) is 53.9 Å². The van der Waals surface area contributed by atoms with Crippen molar-refractivity contribution in [2.24, 2.45) is 5.92 Å². The number of pyridine rings is 1. The van der Waals surface area contributed by atoms with Gasteiger partial charge in [-0.2, -0.15) is 4.39 Å². The van der Waals surface area contributed by atoms with Gasteiger partial charge in [0, 0.05) is 18.8 Å². The molecule has 0 radical (unpaired) electrons. The van der Waals surface area contributed by atoms with Gasteiger partial charge in [0.2, 0.25) is 5.82 Å². The van der Waals surface area contributed by atoms with Crippen LogP contribution in [0.15, 0.2) is 36.5 Å². The van der Waals surface area contributed by atoms with Crippen molar-refractivity contribution in [1.29, 1.82) is 0 Å². The number of halogens is 2. The summed E-state index contributed by atoms with van der Waals surface area (Å²) in [6, 6.07) is 7.15.